The van der Waals surface area contributed by atoms with Crippen LogP contribution < -0.4 is 32.4 Å². The van der Waals surface area contributed by atoms with Crippen LogP contribution in [-0.2, 0) is 25.7 Å². The molecule has 16 nitrogen and oxygen atoms in total. The SMILES string of the molecule is NC(=O)c1cc[n+](CC2=C(C(=O)O)N3C(=O)[C@@H](NC(=O)[C@@H](NCCC[C@@H](N)C(=O)O)c4nsc(N)n4)[C@H]3SC2)cc1. The summed E-state index contributed by atoms with van der Waals surface area (Å²) in [5.74, 6) is -3.85. The molecule has 10 N–H and O–H groups in total. The van der Waals surface area contributed by atoms with Gasteiger partial charge in [-0.25, -0.2) is 14.3 Å². The van der Waals surface area contributed by atoms with Crippen LogP contribution in [0.2, 0.25) is 0 Å². The Morgan fingerprint density at radius 1 is 1.22 bits per heavy atom. The Labute approximate surface area is 241 Å². The minimum atomic E-state index is -1.28. The molecule has 2 aromatic heterocycles. The van der Waals surface area contributed by atoms with Gasteiger partial charge in [0.2, 0.25) is 11.8 Å². The number of pyridine rings is 1. The van der Waals surface area contributed by atoms with Crippen molar-refractivity contribution in [3.63, 3.8) is 0 Å². The van der Waals surface area contributed by atoms with Gasteiger partial charge in [0.1, 0.15) is 29.2 Å². The molecule has 1 fully saturated rings. The van der Waals surface area contributed by atoms with Gasteiger partial charge in [-0.1, -0.05) is 0 Å². The van der Waals surface area contributed by atoms with Gasteiger partial charge in [0.25, 0.3) is 5.91 Å². The Hall–Kier alpha value is -4.13. The van der Waals surface area contributed by atoms with Crippen LogP contribution in [-0.4, -0.2) is 83.9 Å². The zero-order valence-electron chi connectivity index (χ0n) is 21.4. The molecule has 4 rings (SSSR count). The number of amides is 3. The summed E-state index contributed by atoms with van der Waals surface area (Å²) in [7, 11) is 0. The lowest BCUT2D eigenvalue weighted by Crippen LogP contribution is -2.71. The summed E-state index contributed by atoms with van der Waals surface area (Å²) in [6.07, 6.45) is 3.68. The molecule has 0 unspecified atom stereocenters. The van der Waals surface area contributed by atoms with Gasteiger partial charge in [0.15, 0.2) is 29.9 Å². The van der Waals surface area contributed by atoms with Crippen LogP contribution >= 0.6 is 23.3 Å². The van der Waals surface area contributed by atoms with E-state index in [1.807, 2.05) is 0 Å². The van der Waals surface area contributed by atoms with Gasteiger partial charge in [-0.05, 0) is 19.4 Å². The highest BCUT2D eigenvalue weighted by molar-refractivity contribution is 8.00. The van der Waals surface area contributed by atoms with Gasteiger partial charge >= 0.3 is 11.9 Å². The number of hydrogen-bond donors (Lipinski definition) is 7. The van der Waals surface area contributed by atoms with E-state index in [-0.39, 0.29) is 41.9 Å². The lowest BCUT2D eigenvalue weighted by molar-refractivity contribution is -0.689. The lowest BCUT2D eigenvalue weighted by atomic mass is 10.0. The molecule has 0 aromatic carbocycles. The van der Waals surface area contributed by atoms with E-state index in [1.54, 1.807) is 17.0 Å². The minimum absolute atomic E-state index is 0.0836. The molecule has 2 aliphatic rings. The van der Waals surface area contributed by atoms with Crippen molar-refractivity contribution in [2.24, 2.45) is 11.5 Å². The third kappa shape index (κ3) is 6.62. The van der Waals surface area contributed by atoms with Gasteiger partial charge in [-0.2, -0.15) is 4.37 Å². The molecule has 218 valence electrons. The molecule has 2 aliphatic heterocycles. The Balaban J connectivity index is 1.45. The number of nitrogen functional groups attached to an aromatic ring is 1. The number of nitrogens with one attached hydrogen (secondary N) is 2. The number of fused-ring (bicyclic) bond motifs is 1. The highest BCUT2D eigenvalue weighted by Gasteiger charge is 2.55. The number of carboxylic acids is 2. The van der Waals surface area contributed by atoms with E-state index in [1.165, 1.54) is 23.9 Å². The molecular formula is C23H28N9O7S2+. The number of carbonyl (C=O) groups excluding carboxylic acids is 3. The molecule has 0 spiro atoms. The number of aliphatic carboxylic acids is 2. The van der Waals surface area contributed by atoms with Gasteiger partial charge in [0, 0.05) is 35.0 Å². The van der Waals surface area contributed by atoms with Crippen molar-refractivity contribution in [1.29, 1.82) is 0 Å². The van der Waals surface area contributed by atoms with E-state index < -0.39 is 53.2 Å². The summed E-state index contributed by atoms with van der Waals surface area (Å²) in [5.41, 5.74) is 17.1. The predicted octanol–water partition coefficient (Wildman–Crippen LogP) is -2.23. The maximum absolute atomic E-state index is 13.3. The van der Waals surface area contributed by atoms with Crippen LogP contribution in [0.4, 0.5) is 5.13 Å². The van der Waals surface area contributed by atoms with Crippen molar-refractivity contribution >= 4 is 58.1 Å². The molecule has 2 aromatic rings. The molecule has 4 atom stereocenters. The third-order valence-corrected chi connectivity index (χ3v) is 8.33. The fraction of sp³-hybridized carbons (Fsp3) is 0.391. The second-order valence-electron chi connectivity index (χ2n) is 9.24. The lowest BCUT2D eigenvalue weighted by Gasteiger charge is -2.49. The number of carboxylic acid groups (broad SMARTS) is 2. The summed E-state index contributed by atoms with van der Waals surface area (Å²) < 4.78 is 5.75. The summed E-state index contributed by atoms with van der Waals surface area (Å²) in [6, 6.07) is -0.110. The van der Waals surface area contributed by atoms with Crippen molar-refractivity contribution in [3.05, 3.63) is 47.2 Å². The molecule has 0 saturated carbocycles. The molecule has 0 bridgehead atoms. The quantitative estimate of drug-likeness (QED) is 0.0724. The summed E-state index contributed by atoms with van der Waals surface area (Å²) >= 11 is 2.19. The van der Waals surface area contributed by atoms with Crippen molar-refractivity contribution in [2.75, 3.05) is 18.0 Å². The normalized spacial score (nSPS) is 19.6. The first-order valence-corrected chi connectivity index (χ1v) is 14.1. The van der Waals surface area contributed by atoms with Crippen LogP contribution in [0.25, 0.3) is 0 Å². The number of nitrogens with zero attached hydrogens (tertiary/aromatic N) is 4. The van der Waals surface area contributed by atoms with Gasteiger partial charge in [-0.3, -0.25) is 29.4 Å². The number of hydrogen-bond acceptors (Lipinski definition) is 12. The van der Waals surface area contributed by atoms with E-state index in [4.69, 9.17) is 22.3 Å². The smallest absolute Gasteiger partial charge is 0.352 e. The number of β-lactam (4-membered cyclic amide) rings is 1. The van der Waals surface area contributed by atoms with E-state index >= 15 is 0 Å². The molecule has 0 radical (unpaired) electrons. The fourth-order valence-electron chi connectivity index (χ4n) is 4.35. The van der Waals surface area contributed by atoms with Crippen LogP contribution in [0.5, 0.6) is 0 Å². The van der Waals surface area contributed by atoms with Gasteiger partial charge in [0.05, 0.1) is 5.56 Å². The Bertz CT molecular complexity index is 1400. The first kappa shape index (κ1) is 29.8. The number of primary amides is 1. The van der Waals surface area contributed by atoms with Crippen LogP contribution in [0, 0.1) is 0 Å². The summed E-state index contributed by atoms with van der Waals surface area (Å²) in [5, 5.41) is 24.0. The molecule has 1 saturated heterocycles. The standard InChI is InChI=1S/C23H27N9O7S2/c24-12(21(36)37)2-1-5-27-13(17-29-23(26)41-30-17)18(34)28-14-19(35)32-15(22(38)39)11(9-40-20(14)32)8-31-6-3-10(4-7-31)16(25)33/h3-4,6-7,12-14,20,27H,1-2,5,8-9,24H2,(H6-,25,26,28,29,30,33,34,36,37,38,39)/p+1/t12-,13+,14-,20-/m1/s1. The third-order valence-electron chi connectivity index (χ3n) is 6.43. The first-order valence-electron chi connectivity index (χ1n) is 12.3. The molecular weight excluding hydrogens is 578 g/mol. The predicted molar refractivity (Wildman–Crippen MR) is 145 cm³/mol. The first-order chi connectivity index (χ1) is 19.5. The number of nitrogens with two attached hydrogens (primary N) is 3. The second-order valence-corrected chi connectivity index (χ2v) is 11.1. The molecule has 0 aliphatic carbocycles. The van der Waals surface area contributed by atoms with Crippen LogP contribution in [0.3, 0.4) is 0 Å². The van der Waals surface area contributed by atoms with Gasteiger partial charge < -0.3 is 32.7 Å². The van der Waals surface area contributed by atoms with E-state index in [0.717, 1.165) is 16.4 Å². The minimum Gasteiger partial charge on any atom is -0.480 e. The molecule has 3 amide bonds. The highest BCUT2D eigenvalue weighted by atomic mass is 32.2. The number of anilines is 1. The van der Waals surface area contributed by atoms with Crippen molar-refractivity contribution < 1.29 is 38.8 Å². The van der Waals surface area contributed by atoms with E-state index in [0.29, 0.717) is 17.6 Å². The summed E-state index contributed by atoms with van der Waals surface area (Å²) in [6.45, 7) is 0.365. The number of thioether (sulfide) groups is 1. The average molecular weight is 607 g/mol. The zero-order chi connectivity index (χ0) is 29.8. The van der Waals surface area contributed by atoms with Crippen molar-refractivity contribution in [3.8, 4) is 0 Å². The Kier molecular flexibility index (Phi) is 9.16. The van der Waals surface area contributed by atoms with E-state index in [9.17, 15) is 29.1 Å². The highest BCUT2D eigenvalue weighted by Crippen LogP contribution is 2.40. The molecule has 4 heterocycles. The van der Waals surface area contributed by atoms with Crippen LogP contribution in [0.1, 0.15) is 35.1 Å². The maximum Gasteiger partial charge on any atom is 0.352 e. The number of aromatic nitrogens is 3. The zero-order valence-corrected chi connectivity index (χ0v) is 23.1. The number of rotatable bonds is 13. The van der Waals surface area contributed by atoms with Crippen LogP contribution in [0.15, 0.2) is 35.8 Å². The Morgan fingerprint density at radius 2 is 1.93 bits per heavy atom. The maximum atomic E-state index is 13.3. The second kappa shape index (κ2) is 12.6. The molecule has 41 heavy (non-hydrogen) atoms. The average Bonchev–Trinajstić information content (AvgIpc) is 3.36. The largest absolute Gasteiger partial charge is 0.480 e. The molecule has 18 heteroatoms. The number of carbonyl (C=O) groups is 5. The Morgan fingerprint density at radius 3 is 2.51 bits per heavy atom. The van der Waals surface area contributed by atoms with Crippen molar-refractivity contribution in [1.82, 2.24) is 24.9 Å². The summed E-state index contributed by atoms with van der Waals surface area (Å²) in [4.78, 5) is 66.1. The monoisotopic (exact) mass is 606 g/mol. The fourth-order valence-corrected chi connectivity index (χ4v) is 6.15. The van der Waals surface area contributed by atoms with Gasteiger partial charge in [-0.15, -0.1) is 11.8 Å². The van der Waals surface area contributed by atoms with Crippen molar-refractivity contribution in [2.45, 2.75) is 42.9 Å². The topological polar surface area (TPSA) is 261 Å². The van der Waals surface area contributed by atoms with E-state index in [2.05, 4.69) is 20.0 Å².